The van der Waals surface area contributed by atoms with Crippen LogP contribution in [0.3, 0.4) is 0 Å². The zero-order valence-corrected chi connectivity index (χ0v) is 12.0. The maximum Gasteiger partial charge on any atom is 0.322 e. The fraction of sp³-hybridized carbons (Fsp3) is 0.500. The van der Waals surface area contributed by atoms with Gasteiger partial charge >= 0.3 is 5.97 Å². The molecule has 2 N–H and O–H groups in total. The van der Waals surface area contributed by atoms with Crippen LogP contribution in [0.5, 0.6) is 0 Å². The molecule has 2 fully saturated rings. The van der Waals surface area contributed by atoms with Crippen LogP contribution in [0.4, 0.5) is 5.69 Å². The number of carbonyl (C=O) groups excluding carboxylic acids is 1. The monoisotopic (exact) mass is 288 g/mol. The number of carboxylic acids is 1. The summed E-state index contributed by atoms with van der Waals surface area (Å²) >= 11 is 0. The van der Waals surface area contributed by atoms with Crippen LogP contribution in [0, 0.1) is 5.41 Å². The van der Waals surface area contributed by atoms with Crippen molar-refractivity contribution in [2.45, 2.75) is 25.7 Å². The molecule has 0 atom stereocenters. The summed E-state index contributed by atoms with van der Waals surface area (Å²) in [5.74, 6) is -1.39. The Morgan fingerprint density at radius 2 is 1.76 bits per heavy atom. The molecule has 2 aliphatic rings. The van der Waals surface area contributed by atoms with Crippen molar-refractivity contribution in [2.24, 2.45) is 5.41 Å². The van der Waals surface area contributed by atoms with E-state index in [1.165, 1.54) is 25.7 Å². The van der Waals surface area contributed by atoms with Crippen molar-refractivity contribution in [3.05, 3.63) is 29.8 Å². The molecule has 21 heavy (non-hydrogen) atoms. The van der Waals surface area contributed by atoms with E-state index in [2.05, 4.69) is 10.2 Å². The summed E-state index contributed by atoms with van der Waals surface area (Å²) in [5.41, 5.74) is 2.19. The van der Waals surface area contributed by atoms with Gasteiger partial charge in [0, 0.05) is 29.8 Å². The lowest BCUT2D eigenvalue weighted by molar-refractivity contribution is -0.135. The van der Waals surface area contributed by atoms with E-state index in [0.29, 0.717) is 11.0 Å². The minimum absolute atomic E-state index is 0.347. The average molecular weight is 288 g/mol. The number of carboxylic acid groups (broad SMARTS) is 1. The number of nitrogens with one attached hydrogen (secondary N) is 1. The maximum absolute atomic E-state index is 11.7. The van der Waals surface area contributed by atoms with Crippen LogP contribution in [-0.2, 0) is 4.79 Å². The number of hydrogen-bond donors (Lipinski definition) is 2. The number of anilines is 1. The molecule has 1 spiro atoms. The molecule has 5 heteroatoms. The first-order chi connectivity index (χ1) is 10.1. The Morgan fingerprint density at radius 1 is 1.14 bits per heavy atom. The summed E-state index contributed by atoms with van der Waals surface area (Å²) in [6.45, 7) is 1.89. The second kappa shape index (κ2) is 5.39. The Labute approximate surface area is 123 Å². The number of amides is 1. The third-order valence-electron chi connectivity index (χ3n) is 4.61. The van der Waals surface area contributed by atoms with Crippen LogP contribution in [0.25, 0.3) is 0 Å². The highest BCUT2D eigenvalue weighted by Gasteiger charge is 2.44. The molecule has 1 heterocycles. The van der Waals surface area contributed by atoms with E-state index in [1.54, 1.807) is 12.1 Å². The first-order valence-corrected chi connectivity index (χ1v) is 7.43. The standard InChI is InChI=1S/C16H20N2O3/c19-14(20)9-17-15(21)12-3-5-13(6-4-12)18-10-16(11-18)7-1-2-8-16/h3-6H,1-2,7-11H2,(H,17,21)(H,19,20). The second-order valence-electron chi connectivity index (χ2n) is 6.19. The molecule has 5 nitrogen and oxygen atoms in total. The fourth-order valence-corrected chi connectivity index (χ4v) is 3.47. The molecule has 3 rings (SSSR count). The van der Waals surface area contributed by atoms with Crippen LogP contribution < -0.4 is 10.2 Å². The molecule has 0 bridgehead atoms. The Kier molecular flexibility index (Phi) is 3.57. The third kappa shape index (κ3) is 2.86. The van der Waals surface area contributed by atoms with Crippen LogP contribution >= 0.6 is 0 Å². The van der Waals surface area contributed by atoms with Gasteiger partial charge in [-0.2, -0.15) is 0 Å². The Hall–Kier alpha value is -2.04. The molecular formula is C16H20N2O3. The molecule has 1 aromatic carbocycles. The van der Waals surface area contributed by atoms with E-state index in [-0.39, 0.29) is 12.5 Å². The summed E-state index contributed by atoms with van der Waals surface area (Å²) < 4.78 is 0. The summed E-state index contributed by atoms with van der Waals surface area (Å²) in [5, 5.41) is 10.9. The zero-order chi connectivity index (χ0) is 14.9. The number of carbonyl (C=O) groups is 2. The maximum atomic E-state index is 11.7. The van der Waals surface area contributed by atoms with E-state index in [1.807, 2.05) is 12.1 Å². The predicted molar refractivity (Wildman–Crippen MR) is 79.5 cm³/mol. The van der Waals surface area contributed by atoms with Crippen molar-refractivity contribution in [3.63, 3.8) is 0 Å². The smallest absolute Gasteiger partial charge is 0.322 e. The van der Waals surface area contributed by atoms with E-state index in [0.717, 1.165) is 18.8 Å². The van der Waals surface area contributed by atoms with Gasteiger partial charge in [0.05, 0.1) is 0 Å². The summed E-state index contributed by atoms with van der Waals surface area (Å²) in [6, 6.07) is 7.40. The van der Waals surface area contributed by atoms with Gasteiger partial charge in [-0.05, 0) is 37.1 Å². The van der Waals surface area contributed by atoms with Crippen LogP contribution in [0.15, 0.2) is 24.3 Å². The van der Waals surface area contributed by atoms with Crippen LogP contribution in [0.2, 0.25) is 0 Å². The first kappa shape index (κ1) is 13.9. The lowest BCUT2D eigenvalue weighted by Gasteiger charge is -2.49. The average Bonchev–Trinajstić information content (AvgIpc) is 2.93. The van der Waals surface area contributed by atoms with Gasteiger partial charge in [-0.25, -0.2) is 0 Å². The van der Waals surface area contributed by atoms with Gasteiger partial charge in [-0.1, -0.05) is 12.8 Å². The van der Waals surface area contributed by atoms with Gasteiger partial charge in [0.25, 0.3) is 5.91 Å². The number of nitrogens with zero attached hydrogens (tertiary/aromatic N) is 1. The number of aliphatic carboxylic acids is 1. The van der Waals surface area contributed by atoms with Crippen molar-refractivity contribution in [1.29, 1.82) is 0 Å². The highest BCUT2D eigenvalue weighted by atomic mass is 16.4. The zero-order valence-electron chi connectivity index (χ0n) is 12.0. The normalized spacial score (nSPS) is 19.3. The number of benzene rings is 1. The molecule has 1 saturated heterocycles. The van der Waals surface area contributed by atoms with E-state index in [4.69, 9.17) is 5.11 Å². The third-order valence-corrected chi connectivity index (χ3v) is 4.61. The predicted octanol–water partition coefficient (Wildman–Crippen LogP) is 1.88. The molecule has 1 saturated carbocycles. The summed E-state index contributed by atoms with van der Waals surface area (Å²) in [7, 11) is 0. The number of hydrogen-bond acceptors (Lipinski definition) is 3. The molecule has 0 aromatic heterocycles. The largest absolute Gasteiger partial charge is 0.480 e. The van der Waals surface area contributed by atoms with Crippen molar-refractivity contribution in [1.82, 2.24) is 5.32 Å². The quantitative estimate of drug-likeness (QED) is 0.887. The molecule has 0 unspecified atom stereocenters. The van der Waals surface area contributed by atoms with Crippen LogP contribution in [0.1, 0.15) is 36.0 Å². The molecule has 0 radical (unpaired) electrons. The molecule has 1 aromatic rings. The topological polar surface area (TPSA) is 69.6 Å². The summed E-state index contributed by atoms with van der Waals surface area (Å²) in [6.07, 6.45) is 5.41. The van der Waals surface area contributed by atoms with Gasteiger partial charge in [0.1, 0.15) is 6.54 Å². The van der Waals surface area contributed by atoms with Gasteiger partial charge < -0.3 is 15.3 Å². The van der Waals surface area contributed by atoms with Gasteiger partial charge in [-0.15, -0.1) is 0 Å². The van der Waals surface area contributed by atoms with E-state index < -0.39 is 5.97 Å². The Morgan fingerprint density at radius 3 is 2.33 bits per heavy atom. The number of rotatable bonds is 4. The van der Waals surface area contributed by atoms with Gasteiger partial charge in [0.2, 0.25) is 0 Å². The molecule has 112 valence electrons. The lowest BCUT2D eigenvalue weighted by Crippen LogP contribution is -2.55. The van der Waals surface area contributed by atoms with E-state index in [9.17, 15) is 9.59 Å². The first-order valence-electron chi connectivity index (χ1n) is 7.43. The lowest BCUT2D eigenvalue weighted by atomic mass is 9.78. The Balaban J connectivity index is 1.57. The summed E-state index contributed by atoms with van der Waals surface area (Å²) in [4.78, 5) is 24.5. The van der Waals surface area contributed by atoms with E-state index >= 15 is 0 Å². The SMILES string of the molecule is O=C(O)CNC(=O)c1ccc(N2CC3(CCCC3)C2)cc1. The fourth-order valence-electron chi connectivity index (χ4n) is 3.47. The Bertz CT molecular complexity index is 539. The highest BCUT2D eigenvalue weighted by Crippen LogP contribution is 2.46. The highest BCUT2D eigenvalue weighted by molar-refractivity contribution is 5.96. The van der Waals surface area contributed by atoms with Crippen molar-refractivity contribution in [3.8, 4) is 0 Å². The van der Waals surface area contributed by atoms with Crippen molar-refractivity contribution in [2.75, 3.05) is 24.5 Å². The van der Waals surface area contributed by atoms with Gasteiger partial charge in [0.15, 0.2) is 0 Å². The molecular weight excluding hydrogens is 268 g/mol. The van der Waals surface area contributed by atoms with Gasteiger partial charge in [-0.3, -0.25) is 9.59 Å². The second-order valence-corrected chi connectivity index (χ2v) is 6.19. The molecule has 1 amide bonds. The minimum atomic E-state index is -1.04. The van der Waals surface area contributed by atoms with Crippen molar-refractivity contribution < 1.29 is 14.7 Å². The molecule has 1 aliphatic heterocycles. The van der Waals surface area contributed by atoms with Crippen molar-refractivity contribution >= 4 is 17.6 Å². The molecule has 1 aliphatic carbocycles. The minimum Gasteiger partial charge on any atom is -0.480 e. The van der Waals surface area contributed by atoms with Crippen LogP contribution in [-0.4, -0.2) is 36.6 Å².